The van der Waals surface area contributed by atoms with E-state index in [2.05, 4.69) is 20.8 Å². The van der Waals surface area contributed by atoms with Gasteiger partial charge in [-0.2, -0.15) is 0 Å². The van der Waals surface area contributed by atoms with Gasteiger partial charge in [0.25, 0.3) is 0 Å². The van der Waals surface area contributed by atoms with E-state index in [1.165, 1.54) is 17.5 Å². The molecule has 4 rings (SSSR count). The van der Waals surface area contributed by atoms with Crippen LogP contribution in [-0.2, 0) is 11.3 Å². The number of carbonyl (C=O) groups is 2. The van der Waals surface area contributed by atoms with Crippen LogP contribution in [0.15, 0.2) is 23.9 Å². The second-order valence-electron chi connectivity index (χ2n) is 6.69. The fraction of sp³-hybridized carbons (Fsp3) is 0.333. The van der Waals surface area contributed by atoms with Crippen LogP contribution in [0.1, 0.15) is 45.6 Å². The lowest BCUT2D eigenvalue weighted by Crippen LogP contribution is -2.39. The van der Waals surface area contributed by atoms with Gasteiger partial charge >= 0.3 is 0 Å². The molecule has 146 valence electrons. The van der Waals surface area contributed by atoms with Gasteiger partial charge in [0.2, 0.25) is 5.91 Å². The van der Waals surface area contributed by atoms with E-state index in [1.54, 1.807) is 0 Å². The average Bonchev–Trinajstić information content (AvgIpc) is 3.18. The first-order chi connectivity index (χ1) is 13.4. The fourth-order valence-electron chi connectivity index (χ4n) is 2.90. The molecule has 1 amide bonds. The lowest BCUT2D eigenvalue weighted by molar-refractivity contribution is -0.122. The molecule has 0 saturated heterocycles. The number of Topliss-reactive ketones (excluding diaryl/α,β-unsaturated/α-hetero) is 1. The summed E-state index contributed by atoms with van der Waals surface area (Å²) >= 11 is 1.46. The van der Waals surface area contributed by atoms with Gasteiger partial charge in [-0.3, -0.25) is 9.59 Å². The number of aromatic nitrogens is 2. The second kappa shape index (κ2) is 7.34. The van der Waals surface area contributed by atoms with Crippen molar-refractivity contribution in [2.24, 2.45) is 0 Å². The molecular formula is C18H15F3N4O2S. The van der Waals surface area contributed by atoms with E-state index in [0.29, 0.717) is 23.1 Å². The van der Waals surface area contributed by atoms with Crippen molar-refractivity contribution in [1.82, 2.24) is 20.8 Å². The maximum absolute atomic E-state index is 13.8. The van der Waals surface area contributed by atoms with Crippen molar-refractivity contribution >= 4 is 23.0 Å². The highest BCUT2D eigenvalue weighted by molar-refractivity contribution is 7.11. The van der Waals surface area contributed by atoms with Gasteiger partial charge in [0.15, 0.2) is 5.78 Å². The van der Waals surface area contributed by atoms with Gasteiger partial charge in [-0.25, -0.2) is 13.2 Å². The average molecular weight is 408 g/mol. The van der Waals surface area contributed by atoms with Crippen LogP contribution in [0.5, 0.6) is 0 Å². The van der Waals surface area contributed by atoms with Crippen LogP contribution in [-0.4, -0.2) is 27.9 Å². The Bertz CT molecular complexity index is 964. The molecule has 2 aliphatic rings. The molecule has 6 nitrogen and oxygen atoms in total. The van der Waals surface area contributed by atoms with Crippen molar-refractivity contribution in [3.8, 4) is 0 Å². The molecule has 1 saturated carbocycles. The Kier molecular flexibility index (Phi) is 4.88. The van der Waals surface area contributed by atoms with Crippen LogP contribution in [0, 0.1) is 17.5 Å². The van der Waals surface area contributed by atoms with Crippen molar-refractivity contribution in [3.63, 3.8) is 0 Å². The van der Waals surface area contributed by atoms with Gasteiger partial charge in [0, 0.05) is 36.2 Å². The largest absolute Gasteiger partial charge is 0.379 e. The fourth-order valence-corrected chi connectivity index (χ4v) is 3.86. The van der Waals surface area contributed by atoms with Crippen LogP contribution in [0.4, 0.5) is 13.2 Å². The summed E-state index contributed by atoms with van der Waals surface area (Å²) in [5.41, 5.74) is -0.798. The lowest BCUT2D eigenvalue weighted by atomic mass is 9.99. The van der Waals surface area contributed by atoms with E-state index in [1.807, 2.05) is 0 Å². The van der Waals surface area contributed by atoms with Gasteiger partial charge in [-0.1, -0.05) is 11.3 Å². The molecule has 1 unspecified atom stereocenters. The van der Waals surface area contributed by atoms with Gasteiger partial charge in [0.05, 0.1) is 12.1 Å². The number of nitrogens with zero attached hydrogens (tertiary/aromatic N) is 2. The quantitative estimate of drug-likeness (QED) is 0.718. The third-order valence-corrected chi connectivity index (χ3v) is 5.63. The number of nitrogens with one attached hydrogen (secondary N) is 2. The zero-order valence-electron chi connectivity index (χ0n) is 14.5. The number of carbonyl (C=O) groups excluding carboxylic acids is 2. The Morgan fingerprint density at radius 1 is 1.18 bits per heavy atom. The van der Waals surface area contributed by atoms with Gasteiger partial charge in [-0.15, -0.1) is 10.2 Å². The number of halogens is 3. The smallest absolute Gasteiger partial charge is 0.243 e. The molecule has 28 heavy (non-hydrogen) atoms. The number of hydrogen-bond donors (Lipinski definition) is 2. The SMILES string of the molecule is O=C(C1=CNC(C(=O)NCc2nnc(C3CC3)s2)C1)c1c(F)cc(F)cc1F. The van der Waals surface area contributed by atoms with Crippen LogP contribution < -0.4 is 10.6 Å². The summed E-state index contributed by atoms with van der Waals surface area (Å²) in [5.74, 6) is -4.47. The van der Waals surface area contributed by atoms with Gasteiger partial charge in [-0.05, 0) is 12.8 Å². The first kappa shape index (κ1) is 18.6. The molecule has 0 spiro atoms. The van der Waals surface area contributed by atoms with E-state index in [-0.39, 0.29) is 24.4 Å². The van der Waals surface area contributed by atoms with Crippen molar-refractivity contribution in [2.45, 2.75) is 37.8 Å². The van der Waals surface area contributed by atoms with E-state index in [0.717, 1.165) is 17.8 Å². The Morgan fingerprint density at radius 2 is 1.89 bits per heavy atom. The van der Waals surface area contributed by atoms with E-state index < -0.39 is 34.8 Å². The lowest BCUT2D eigenvalue weighted by Gasteiger charge is -2.11. The van der Waals surface area contributed by atoms with E-state index in [4.69, 9.17) is 0 Å². The molecule has 2 aromatic rings. The molecule has 2 N–H and O–H groups in total. The number of benzene rings is 1. The zero-order chi connectivity index (χ0) is 19.8. The summed E-state index contributed by atoms with van der Waals surface area (Å²) in [5, 5.41) is 15.2. The van der Waals surface area contributed by atoms with Gasteiger partial charge < -0.3 is 10.6 Å². The topological polar surface area (TPSA) is 84.0 Å². The highest BCUT2D eigenvalue weighted by Gasteiger charge is 2.31. The normalized spacial score (nSPS) is 18.5. The first-order valence-corrected chi connectivity index (χ1v) is 9.48. The zero-order valence-corrected chi connectivity index (χ0v) is 15.3. The molecular weight excluding hydrogens is 393 g/mol. The highest BCUT2D eigenvalue weighted by Crippen LogP contribution is 2.41. The summed E-state index contributed by atoms with van der Waals surface area (Å²) < 4.78 is 40.6. The molecule has 1 aliphatic heterocycles. The number of rotatable bonds is 6. The number of ketones is 1. The Balaban J connectivity index is 1.35. The summed E-state index contributed by atoms with van der Waals surface area (Å²) in [6.45, 7) is 0.214. The molecule has 1 aromatic heterocycles. The van der Waals surface area contributed by atoms with Crippen molar-refractivity contribution in [1.29, 1.82) is 0 Å². The second-order valence-corrected chi connectivity index (χ2v) is 7.79. The van der Waals surface area contributed by atoms with E-state index in [9.17, 15) is 22.8 Å². The minimum Gasteiger partial charge on any atom is -0.379 e. The van der Waals surface area contributed by atoms with Crippen LogP contribution in [0.25, 0.3) is 0 Å². The van der Waals surface area contributed by atoms with Gasteiger partial charge in [0.1, 0.15) is 33.5 Å². The number of hydrogen-bond acceptors (Lipinski definition) is 6. The van der Waals surface area contributed by atoms with Crippen molar-refractivity contribution in [3.05, 3.63) is 56.9 Å². The minimum absolute atomic E-state index is 0.0373. The van der Waals surface area contributed by atoms with Crippen molar-refractivity contribution < 1.29 is 22.8 Å². The predicted molar refractivity (Wildman–Crippen MR) is 94.0 cm³/mol. The molecule has 0 bridgehead atoms. The highest BCUT2D eigenvalue weighted by atomic mass is 32.1. The van der Waals surface area contributed by atoms with Crippen molar-refractivity contribution in [2.75, 3.05) is 0 Å². The summed E-state index contributed by atoms with van der Waals surface area (Å²) in [4.78, 5) is 24.7. The molecule has 1 aromatic carbocycles. The van der Waals surface area contributed by atoms with E-state index >= 15 is 0 Å². The predicted octanol–water partition coefficient (Wildman–Crippen LogP) is 2.58. The Hall–Kier alpha value is -2.75. The van der Waals surface area contributed by atoms with Crippen LogP contribution in [0.2, 0.25) is 0 Å². The standard InChI is InChI=1S/C18H15F3N4O2S/c19-10-4-11(20)15(12(21)5-10)16(26)9-3-13(22-6-9)17(27)23-7-14-24-25-18(28-14)8-1-2-8/h4-6,8,13,22H,1-3,7H2,(H,23,27). The summed E-state index contributed by atoms with van der Waals surface area (Å²) in [6.07, 6.45) is 3.45. The molecule has 10 heteroatoms. The third kappa shape index (κ3) is 3.77. The van der Waals surface area contributed by atoms with Crippen LogP contribution >= 0.6 is 11.3 Å². The maximum Gasteiger partial charge on any atom is 0.243 e. The molecule has 1 atom stereocenters. The molecule has 2 heterocycles. The summed E-state index contributed by atoms with van der Waals surface area (Å²) in [6, 6.07) is 0.143. The Labute approximate surface area is 161 Å². The minimum atomic E-state index is -1.28. The first-order valence-electron chi connectivity index (χ1n) is 8.66. The third-order valence-electron chi connectivity index (χ3n) is 4.55. The number of amides is 1. The molecule has 1 fully saturated rings. The van der Waals surface area contributed by atoms with Crippen LogP contribution in [0.3, 0.4) is 0 Å². The monoisotopic (exact) mass is 408 g/mol. The molecule has 0 radical (unpaired) electrons. The summed E-state index contributed by atoms with van der Waals surface area (Å²) in [7, 11) is 0. The Morgan fingerprint density at radius 3 is 2.57 bits per heavy atom. The maximum atomic E-state index is 13.8. The molecule has 1 aliphatic carbocycles.